The van der Waals surface area contributed by atoms with Crippen LogP contribution in [0.4, 0.5) is 0 Å². The number of hydrogen-bond donors (Lipinski definition) is 1. The van der Waals surface area contributed by atoms with Gasteiger partial charge in [-0.1, -0.05) is 25.8 Å². The normalized spacial score (nSPS) is 15.7. The zero-order valence-electron chi connectivity index (χ0n) is 12.7. The summed E-state index contributed by atoms with van der Waals surface area (Å²) in [6.07, 6.45) is 8.19. The fraction of sp³-hybridized carbons (Fsp3) is 0.500. The Morgan fingerprint density at radius 3 is 2.90 bits per heavy atom. The van der Waals surface area contributed by atoms with Crippen LogP contribution in [0.3, 0.4) is 0 Å². The Morgan fingerprint density at radius 2 is 2.14 bits per heavy atom. The highest BCUT2D eigenvalue weighted by Gasteiger charge is 2.22. The number of fused-ring (bicyclic) bond motifs is 1. The average Bonchev–Trinajstić information content (AvgIpc) is 3.16. The van der Waals surface area contributed by atoms with Crippen molar-refractivity contribution in [2.75, 3.05) is 6.54 Å². The van der Waals surface area contributed by atoms with E-state index in [-0.39, 0.29) is 11.8 Å². The lowest BCUT2D eigenvalue weighted by Crippen LogP contribution is -2.30. The van der Waals surface area contributed by atoms with Crippen molar-refractivity contribution in [3.05, 3.63) is 35.6 Å². The van der Waals surface area contributed by atoms with Crippen molar-refractivity contribution < 1.29 is 9.21 Å². The summed E-state index contributed by atoms with van der Waals surface area (Å²) in [5, 5.41) is 4.26. The van der Waals surface area contributed by atoms with Crippen molar-refractivity contribution in [3.63, 3.8) is 0 Å². The molecule has 1 heterocycles. The SMILES string of the molecule is CCc1ccc2occ(CCNC(=O)C3CCCC3)c2c1. The molecule has 0 aliphatic heterocycles. The minimum Gasteiger partial charge on any atom is -0.464 e. The van der Waals surface area contributed by atoms with E-state index in [1.54, 1.807) is 0 Å². The molecular formula is C18H23NO2. The van der Waals surface area contributed by atoms with Crippen LogP contribution < -0.4 is 5.32 Å². The highest BCUT2D eigenvalue weighted by atomic mass is 16.3. The first kappa shape index (κ1) is 14.2. The van der Waals surface area contributed by atoms with E-state index in [4.69, 9.17) is 4.42 Å². The van der Waals surface area contributed by atoms with Crippen LogP contribution in [0.5, 0.6) is 0 Å². The van der Waals surface area contributed by atoms with Gasteiger partial charge in [0, 0.05) is 17.8 Å². The maximum atomic E-state index is 12.0. The second-order valence-electron chi connectivity index (χ2n) is 5.97. The van der Waals surface area contributed by atoms with Crippen molar-refractivity contribution in [1.29, 1.82) is 0 Å². The summed E-state index contributed by atoms with van der Waals surface area (Å²) in [7, 11) is 0. The molecule has 0 bridgehead atoms. The standard InChI is InChI=1S/C18H23NO2/c1-2-13-7-8-17-16(11-13)15(12-21-17)9-10-19-18(20)14-5-3-4-6-14/h7-8,11-12,14H,2-6,9-10H2,1H3,(H,19,20). The zero-order chi connectivity index (χ0) is 14.7. The van der Waals surface area contributed by atoms with Crippen molar-refractivity contribution in [3.8, 4) is 0 Å². The Hall–Kier alpha value is -1.77. The van der Waals surface area contributed by atoms with Crippen molar-refractivity contribution in [2.45, 2.75) is 45.4 Å². The first-order valence-electron chi connectivity index (χ1n) is 8.04. The first-order chi connectivity index (χ1) is 10.3. The average molecular weight is 285 g/mol. The summed E-state index contributed by atoms with van der Waals surface area (Å²) in [6.45, 7) is 2.85. The van der Waals surface area contributed by atoms with Gasteiger partial charge in [0.15, 0.2) is 0 Å². The second-order valence-corrected chi connectivity index (χ2v) is 5.97. The highest BCUT2D eigenvalue weighted by molar-refractivity contribution is 5.82. The third-order valence-electron chi connectivity index (χ3n) is 4.55. The number of carbonyl (C=O) groups excluding carboxylic acids is 1. The molecule has 0 saturated heterocycles. The molecule has 21 heavy (non-hydrogen) atoms. The number of hydrogen-bond acceptors (Lipinski definition) is 2. The van der Waals surface area contributed by atoms with Gasteiger partial charge in [-0.25, -0.2) is 0 Å². The summed E-state index contributed by atoms with van der Waals surface area (Å²) in [4.78, 5) is 12.0. The number of furan rings is 1. The number of nitrogens with one attached hydrogen (secondary N) is 1. The van der Waals surface area contributed by atoms with Crippen LogP contribution in [-0.2, 0) is 17.6 Å². The third kappa shape index (κ3) is 3.12. The van der Waals surface area contributed by atoms with Crippen molar-refractivity contribution >= 4 is 16.9 Å². The van der Waals surface area contributed by atoms with Gasteiger partial charge in [-0.05, 0) is 48.9 Å². The van der Waals surface area contributed by atoms with E-state index in [0.29, 0.717) is 6.54 Å². The molecule has 2 aromatic rings. The van der Waals surface area contributed by atoms with Gasteiger partial charge in [-0.15, -0.1) is 0 Å². The molecule has 1 aliphatic rings. The lowest BCUT2D eigenvalue weighted by molar-refractivity contribution is -0.124. The molecule has 0 unspecified atom stereocenters. The minimum atomic E-state index is 0.231. The molecular weight excluding hydrogens is 262 g/mol. The zero-order valence-corrected chi connectivity index (χ0v) is 12.7. The Kier molecular flexibility index (Phi) is 4.28. The van der Waals surface area contributed by atoms with Gasteiger partial charge in [-0.2, -0.15) is 0 Å². The predicted molar refractivity (Wildman–Crippen MR) is 84.3 cm³/mol. The summed E-state index contributed by atoms with van der Waals surface area (Å²) < 4.78 is 5.59. The molecule has 1 aromatic carbocycles. The van der Waals surface area contributed by atoms with Crippen LogP contribution in [0.25, 0.3) is 11.0 Å². The van der Waals surface area contributed by atoms with Gasteiger partial charge in [0.05, 0.1) is 6.26 Å². The summed E-state index contributed by atoms with van der Waals surface area (Å²) >= 11 is 0. The molecule has 1 saturated carbocycles. The van der Waals surface area contributed by atoms with Crippen LogP contribution in [0, 0.1) is 5.92 Å². The van der Waals surface area contributed by atoms with Crippen molar-refractivity contribution in [1.82, 2.24) is 5.32 Å². The fourth-order valence-electron chi connectivity index (χ4n) is 3.20. The van der Waals surface area contributed by atoms with Crippen molar-refractivity contribution in [2.24, 2.45) is 5.92 Å². The van der Waals surface area contributed by atoms with Crippen LogP contribution in [0.15, 0.2) is 28.9 Å². The first-order valence-corrected chi connectivity index (χ1v) is 8.04. The summed E-state index contributed by atoms with van der Waals surface area (Å²) in [5.74, 6) is 0.479. The van der Waals surface area contributed by atoms with E-state index in [1.165, 1.54) is 29.4 Å². The molecule has 1 aromatic heterocycles. The van der Waals surface area contributed by atoms with Gasteiger partial charge >= 0.3 is 0 Å². The quantitative estimate of drug-likeness (QED) is 0.906. The Balaban J connectivity index is 1.61. The Labute approximate surface area is 125 Å². The topological polar surface area (TPSA) is 42.2 Å². The van der Waals surface area contributed by atoms with E-state index in [9.17, 15) is 4.79 Å². The molecule has 1 aliphatic carbocycles. The third-order valence-corrected chi connectivity index (χ3v) is 4.55. The van der Waals surface area contributed by atoms with Gasteiger partial charge in [0.1, 0.15) is 5.58 Å². The minimum absolute atomic E-state index is 0.231. The molecule has 3 nitrogen and oxygen atoms in total. The number of aryl methyl sites for hydroxylation is 1. The predicted octanol–water partition coefficient (Wildman–Crippen LogP) is 3.84. The fourth-order valence-corrected chi connectivity index (χ4v) is 3.20. The Bertz CT molecular complexity index is 623. The number of rotatable bonds is 5. The molecule has 3 heteroatoms. The van der Waals surface area contributed by atoms with E-state index in [2.05, 4.69) is 24.4 Å². The van der Waals surface area contributed by atoms with Gasteiger partial charge in [0.25, 0.3) is 0 Å². The lowest BCUT2D eigenvalue weighted by Gasteiger charge is -2.09. The highest BCUT2D eigenvalue weighted by Crippen LogP contribution is 2.25. The van der Waals surface area contributed by atoms with Crippen LogP contribution in [0.2, 0.25) is 0 Å². The van der Waals surface area contributed by atoms with Crippen LogP contribution >= 0.6 is 0 Å². The van der Waals surface area contributed by atoms with E-state index in [0.717, 1.165) is 31.3 Å². The molecule has 112 valence electrons. The smallest absolute Gasteiger partial charge is 0.223 e. The van der Waals surface area contributed by atoms with Gasteiger partial charge in [0.2, 0.25) is 5.91 Å². The molecule has 1 amide bonds. The van der Waals surface area contributed by atoms with Gasteiger partial charge in [-0.3, -0.25) is 4.79 Å². The lowest BCUT2D eigenvalue weighted by atomic mass is 10.1. The number of amides is 1. The van der Waals surface area contributed by atoms with E-state index >= 15 is 0 Å². The van der Waals surface area contributed by atoms with Crippen LogP contribution in [-0.4, -0.2) is 12.5 Å². The number of benzene rings is 1. The maximum Gasteiger partial charge on any atom is 0.223 e. The molecule has 0 atom stereocenters. The summed E-state index contributed by atoms with van der Waals surface area (Å²) in [6, 6.07) is 6.35. The molecule has 1 fully saturated rings. The van der Waals surface area contributed by atoms with E-state index < -0.39 is 0 Å². The summed E-state index contributed by atoms with van der Waals surface area (Å²) in [5.41, 5.74) is 3.44. The maximum absolute atomic E-state index is 12.0. The van der Waals surface area contributed by atoms with Crippen LogP contribution in [0.1, 0.15) is 43.7 Å². The molecule has 3 rings (SSSR count). The Morgan fingerprint density at radius 1 is 1.33 bits per heavy atom. The second kappa shape index (κ2) is 6.33. The molecule has 1 N–H and O–H groups in total. The largest absolute Gasteiger partial charge is 0.464 e. The number of carbonyl (C=O) groups is 1. The van der Waals surface area contributed by atoms with E-state index in [1.807, 2.05) is 12.3 Å². The molecule has 0 radical (unpaired) electrons. The monoisotopic (exact) mass is 285 g/mol. The molecule has 0 spiro atoms. The van der Waals surface area contributed by atoms with Gasteiger partial charge < -0.3 is 9.73 Å².